The number of nitrogens with zero attached hydrogens (tertiary/aromatic N) is 2. The highest BCUT2D eigenvalue weighted by Gasteiger charge is 2.12. The van der Waals surface area contributed by atoms with Crippen LogP contribution in [0.15, 0.2) is 170 Å². The zero-order valence-corrected chi connectivity index (χ0v) is 26.6. The van der Waals surface area contributed by atoms with Gasteiger partial charge in [-0.15, -0.1) is 0 Å². The second kappa shape index (κ2) is 11.9. The van der Waals surface area contributed by atoms with Crippen LogP contribution in [-0.4, -0.2) is 9.13 Å². The molecular weight excluding hydrogens is 581 g/mol. The third-order valence-corrected chi connectivity index (χ3v) is 9.66. The fraction of sp³-hybridized carbons (Fsp3) is 0.0435. The highest BCUT2D eigenvalue weighted by Crippen LogP contribution is 2.33. The topological polar surface area (TPSA) is 9.86 Å². The molecule has 0 aliphatic rings. The summed E-state index contributed by atoms with van der Waals surface area (Å²) in [6.07, 6.45) is 6.43. The summed E-state index contributed by atoms with van der Waals surface area (Å²) in [5, 5.41) is 5.16. The van der Waals surface area contributed by atoms with Crippen molar-refractivity contribution in [1.82, 2.24) is 9.13 Å². The van der Waals surface area contributed by atoms with E-state index in [4.69, 9.17) is 0 Å². The zero-order valence-electron chi connectivity index (χ0n) is 26.6. The minimum Gasteiger partial charge on any atom is -0.309 e. The van der Waals surface area contributed by atoms with Gasteiger partial charge < -0.3 is 9.13 Å². The molecule has 2 aromatic heterocycles. The van der Waals surface area contributed by atoms with Crippen LogP contribution in [0.3, 0.4) is 0 Å². The van der Waals surface area contributed by atoms with E-state index < -0.39 is 0 Å². The van der Waals surface area contributed by atoms with Gasteiger partial charge in [-0.3, -0.25) is 0 Å². The van der Waals surface area contributed by atoms with E-state index >= 15 is 0 Å². The van der Waals surface area contributed by atoms with Crippen LogP contribution < -0.4 is 0 Å². The molecule has 2 heteroatoms. The van der Waals surface area contributed by atoms with Crippen molar-refractivity contribution < 1.29 is 0 Å². The number of hydrogen-bond acceptors (Lipinski definition) is 0. The highest BCUT2D eigenvalue weighted by molar-refractivity contribution is 6.10. The van der Waals surface area contributed by atoms with Gasteiger partial charge in [-0.1, -0.05) is 133 Å². The number of aromatic nitrogens is 2. The fourth-order valence-corrected chi connectivity index (χ4v) is 7.22. The van der Waals surface area contributed by atoms with E-state index in [1.165, 1.54) is 77.2 Å². The summed E-state index contributed by atoms with van der Waals surface area (Å²) < 4.78 is 4.73. The molecule has 0 radical (unpaired) electrons. The third kappa shape index (κ3) is 4.99. The number of hydrogen-bond donors (Lipinski definition) is 0. The first-order valence-electron chi connectivity index (χ1n) is 16.7. The van der Waals surface area contributed by atoms with Gasteiger partial charge in [-0.2, -0.15) is 0 Å². The lowest BCUT2D eigenvalue weighted by Crippen LogP contribution is -1.95. The maximum Gasteiger partial charge on any atom is 0.0541 e. The first-order valence-corrected chi connectivity index (χ1v) is 16.7. The molecular formula is C46H34N2. The minimum atomic E-state index is 1.01. The Hall–Kier alpha value is -6.12. The van der Waals surface area contributed by atoms with Crippen LogP contribution in [0.5, 0.6) is 0 Å². The van der Waals surface area contributed by atoms with E-state index in [9.17, 15) is 0 Å². The summed E-state index contributed by atoms with van der Waals surface area (Å²) in [5.41, 5.74) is 12.4. The van der Waals surface area contributed by atoms with Crippen molar-refractivity contribution in [3.8, 4) is 11.4 Å². The Balaban J connectivity index is 0.872. The number of aryl methyl sites for hydroxylation is 2. The van der Waals surface area contributed by atoms with Crippen LogP contribution in [0.4, 0.5) is 0 Å². The lowest BCUT2D eigenvalue weighted by atomic mass is 10.0. The molecule has 9 rings (SSSR count). The van der Waals surface area contributed by atoms with E-state index in [-0.39, 0.29) is 0 Å². The van der Waals surface area contributed by atoms with E-state index in [1.807, 2.05) is 0 Å². The third-order valence-electron chi connectivity index (χ3n) is 9.66. The molecule has 2 heterocycles. The van der Waals surface area contributed by atoms with Crippen LogP contribution in [0, 0.1) is 0 Å². The molecule has 0 spiro atoms. The summed E-state index contributed by atoms with van der Waals surface area (Å²) in [6, 6.07) is 61.6. The zero-order chi connectivity index (χ0) is 31.9. The van der Waals surface area contributed by atoms with E-state index in [0.717, 1.165) is 12.8 Å². The van der Waals surface area contributed by atoms with Gasteiger partial charge in [0.1, 0.15) is 0 Å². The fourth-order valence-electron chi connectivity index (χ4n) is 7.22. The SMILES string of the molecule is C(=C\c1ccc(-n2c3ccccc3c3ccccc32)cc1)/c1ccc(CCc2ccc(-n3c4ccccc4c4ccccc43)cc2)cc1. The van der Waals surface area contributed by atoms with Gasteiger partial charge in [-0.25, -0.2) is 0 Å². The van der Waals surface area contributed by atoms with E-state index in [0.29, 0.717) is 0 Å². The first-order chi connectivity index (χ1) is 23.8. The molecule has 0 N–H and O–H groups in total. The summed E-state index contributed by atoms with van der Waals surface area (Å²) >= 11 is 0. The second-order valence-electron chi connectivity index (χ2n) is 12.6. The highest BCUT2D eigenvalue weighted by atomic mass is 15.0. The Morgan fingerprint density at radius 2 is 0.604 bits per heavy atom. The summed E-state index contributed by atoms with van der Waals surface area (Å²) in [6.45, 7) is 0. The number of rotatable bonds is 7. The maximum absolute atomic E-state index is 2.38. The molecule has 0 aliphatic carbocycles. The minimum absolute atomic E-state index is 1.01. The van der Waals surface area contributed by atoms with Gasteiger partial charge in [0.2, 0.25) is 0 Å². The van der Waals surface area contributed by atoms with Gasteiger partial charge in [-0.05, 0) is 83.6 Å². The quantitative estimate of drug-likeness (QED) is 0.158. The molecule has 228 valence electrons. The molecule has 2 nitrogen and oxygen atoms in total. The van der Waals surface area contributed by atoms with Gasteiger partial charge in [0, 0.05) is 32.9 Å². The number of para-hydroxylation sites is 4. The molecule has 0 unspecified atom stereocenters. The number of fused-ring (bicyclic) bond motifs is 6. The van der Waals surface area contributed by atoms with Crippen molar-refractivity contribution in [3.05, 3.63) is 192 Å². The number of benzene rings is 7. The predicted octanol–water partition coefficient (Wildman–Crippen LogP) is 11.8. The molecule has 0 bridgehead atoms. The Labute approximate surface area is 280 Å². The summed E-state index contributed by atoms with van der Waals surface area (Å²) in [4.78, 5) is 0. The van der Waals surface area contributed by atoms with Crippen LogP contribution in [0.25, 0.3) is 67.1 Å². The van der Waals surface area contributed by atoms with Crippen molar-refractivity contribution in [2.45, 2.75) is 12.8 Å². The van der Waals surface area contributed by atoms with Crippen molar-refractivity contribution >= 4 is 55.8 Å². The standard InChI is InChI=1S/C46H34N2/c1-5-13-43-39(9-1)40-10-2-6-14-44(40)47(43)37-29-25-35(26-30-37)23-21-33-17-19-34(20-18-33)22-24-36-27-31-38(32-28-36)48-45-15-7-3-11-41(45)42-12-4-8-16-46(42)48/h1-21,23,25-32H,22,24H2/b23-21+. The van der Waals surface area contributed by atoms with Gasteiger partial charge in [0.25, 0.3) is 0 Å². The van der Waals surface area contributed by atoms with Crippen LogP contribution in [0.1, 0.15) is 22.3 Å². The molecule has 0 aliphatic heterocycles. The van der Waals surface area contributed by atoms with Crippen LogP contribution in [-0.2, 0) is 12.8 Å². The van der Waals surface area contributed by atoms with Crippen LogP contribution in [0.2, 0.25) is 0 Å². The predicted molar refractivity (Wildman–Crippen MR) is 204 cm³/mol. The lowest BCUT2D eigenvalue weighted by molar-refractivity contribution is 0.958. The molecule has 7 aromatic carbocycles. The van der Waals surface area contributed by atoms with E-state index in [1.54, 1.807) is 0 Å². The van der Waals surface area contributed by atoms with Gasteiger partial charge in [0.15, 0.2) is 0 Å². The maximum atomic E-state index is 2.38. The van der Waals surface area contributed by atoms with Crippen molar-refractivity contribution in [2.75, 3.05) is 0 Å². The van der Waals surface area contributed by atoms with Crippen molar-refractivity contribution in [1.29, 1.82) is 0 Å². The largest absolute Gasteiger partial charge is 0.309 e. The Bertz CT molecular complexity index is 2470. The molecule has 0 amide bonds. The van der Waals surface area contributed by atoms with Crippen LogP contribution >= 0.6 is 0 Å². The normalized spacial score (nSPS) is 11.8. The van der Waals surface area contributed by atoms with Gasteiger partial charge in [0.05, 0.1) is 22.1 Å². The molecule has 0 atom stereocenters. The Kier molecular flexibility index (Phi) is 6.98. The average Bonchev–Trinajstić information content (AvgIpc) is 3.67. The monoisotopic (exact) mass is 614 g/mol. The second-order valence-corrected chi connectivity index (χ2v) is 12.6. The summed E-state index contributed by atoms with van der Waals surface area (Å²) in [5.74, 6) is 0. The van der Waals surface area contributed by atoms with Crippen molar-refractivity contribution in [3.63, 3.8) is 0 Å². The average molecular weight is 615 g/mol. The first kappa shape index (κ1) is 28.1. The molecule has 9 aromatic rings. The van der Waals surface area contributed by atoms with Gasteiger partial charge >= 0.3 is 0 Å². The molecule has 0 saturated heterocycles. The van der Waals surface area contributed by atoms with E-state index in [2.05, 4.69) is 191 Å². The summed E-state index contributed by atoms with van der Waals surface area (Å²) in [7, 11) is 0. The molecule has 48 heavy (non-hydrogen) atoms. The smallest absolute Gasteiger partial charge is 0.0541 e. The van der Waals surface area contributed by atoms with Crippen molar-refractivity contribution in [2.24, 2.45) is 0 Å². The molecule has 0 saturated carbocycles. The molecule has 0 fully saturated rings. The lowest BCUT2D eigenvalue weighted by Gasteiger charge is -2.09. The Morgan fingerprint density at radius 1 is 0.312 bits per heavy atom. The Morgan fingerprint density at radius 3 is 0.979 bits per heavy atom.